The van der Waals surface area contributed by atoms with E-state index < -0.39 is 48.1 Å². The molecule has 0 aromatic heterocycles. The number of carbonyl (C=O) groups is 4. The van der Waals surface area contributed by atoms with Gasteiger partial charge >= 0.3 is 0 Å². The van der Waals surface area contributed by atoms with Crippen LogP contribution in [0.1, 0.15) is 38.5 Å². The van der Waals surface area contributed by atoms with E-state index in [1.165, 1.54) is 0 Å². The number of hydroxylamine groups is 1. The largest absolute Gasteiger partial charge is 0.374 e. The van der Waals surface area contributed by atoms with E-state index in [2.05, 4.69) is 16.0 Å². The van der Waals surface area contributed by atoms with Crippen LogP contribution in [0.15, 0.2) is 12.2 Å². The molecule has 4 amide bonds. The van der Waals surface area contributed by atoms with Crippen molar-refractivity contribution < 1.29 is 33.5 Å². The maximum Gasteiger partial charge on any atom is 0.246 e. The van der Waals surface area contributed by atoms with Gasteiger partial charge < -0.3 is 20.7 Å². The smallest absolute Gasteiger partial charge is 0.246 e. The molecule has 12 heteroatoms. The van der Waals surface area contributed by atoms with E-state index in [1.54, 1.807) is 13.3 Å². The van der Waals surface area contributed by atoms with Crippen molar-refractivity contribution in [3.8, 4) is 0 Å². The van der Waals surface area contributed by atoms with E-state index >= 15 is 0 Å². The Morgan fingerprint density at radius 3 is 2.64 bits per heavy atom. The van der Waals surface area contributed by atoms with E-state index in [0.717, 1.165) is 12.8 Å². The fraction of sp³-hybridized carbons (Fsp3) is 0.714. The molecule has 5 N–H and O–H groups in total. The predicted octanol–water partition coefficient (Wildman–Crippen LogP) is -0.858. The zero-order valence-corrected chi connectivity index (χ0v) is 19.0. The summed E-state index contributed by atoms with van der Waals surface area (Å²) < 4.78 is 18.0. The zero-order valence-electron chi connectivity index (χ0n) is 19.0. The van der Waals surface area contributed by atoms with Crippen LogP contribution in [-0.4, -0.2) is 75.2 Å². The van der Waals surface area contributed by atoms with Crippen molar-refractivity contribution in [2.45, 2.75) is 56.5 Å². The summed E-state index contributed by atoms with van der Waals surface area (Å²) in [5, 5.41) is 16.8. The molecule has 3 aliphatic rings. The van der Waals surface area contributed by atoms with Gasteiger partial charge in [-0.3, -0.25) is 28.8 Å². The number of alkyl halides is 1. The molecule has 0 radical (unpaired) electrons. The Labute approximate surface area is 193 Å². The minimum atomic E-state index is -0.911. The first-order valence-electron chi connectivity index (χ1n) is 11.5. The van der Waals surface area contributed by atoms with E-state index in [4.69, 9.17) is 9.94 Å². The lowest BCUT2D eigenvalue weighted by atomic mass is 9.73. The number of fused-ring (bicyclic) bond motifs is 10. The fourth-order valence-electron chi connectivity index (χ4n) is 4.08. The number of ether oxygens (including phenoxy) is 1. The third kappa shape index (κ3) is 8.77. The molecule has 10 nitrogen and oxygen atoms in total. The Bertz CT molecular complexity index is 725. The minimum Gasteiger partial charge on any atom is -0.374 e. The second-order valence-corrected chi connectivity index (χ2v) is 8.55. The normalized spacial score (nSPS) is 28.3. The topological polar surface area (TPSA) is 146 Å². The average Bonchev–Trinajstić information content (AvgIpc) is 2.82. The first-order valence-corrected chi connectivity index (χ1v) is 11.5. The highest BCUT2D eigenvalue weighted by molar-refractivity contribution is 6.25. The minimum absolute atomic E-state index is 0.0362. The molecule has 184 valence electrons. The highest BCUT2D eigenvalue weighted by Gasteiger charge is 2.33. The highest BCUT2D eigenvalue weighted by atomic mass is 19.1. The molecule has 0 aromatic rings. The summed E-state index contributed by atoms with van der Waals surface area (Å²) in [4.78, 5) is 49.8. The molecule has 1 saturated heterocycles. The number of rotatable bonds is 7. The number of halogens is 1. The van der Waals surface area contributed by atoms with Crippen LogP contribution < -0.4 is 21.4 Å². The second-order valence-electron chi connectivity index (χ2n) is 8.55. The Morgan fingerprint density at radius 1 is 1.18 bits per heavy atom. The molecule has 1 fully saturated rings. The van der Waals surface area contributed by atoms with Gasteiger partial charge in [-0.1, -0.05) is 12.2 Å². The number of hydrogen-bond donors (Lipinski definition) is 5. The predicted molar refractivity (Wildman–Crippen MR) is 120 cm³/mol. The van der Waals surface area contributed by atoms with Crippen LogP contribution >= 0.6 is 0 Å². The lowest BCUT2D eigenvalue weighted by Gasteiger charge is -2.29. The number of amides is 4. The van der Waals surface area contributed by atoms with Crippen molar-refractivity contribution in [1.82, 2.24) is 21.4 Å². The molecule has 5 atom stereocenters. The molecule has 3 rings (SSSR count). The Kier molecular flexibility index (Phi) is 11.3. The summed E-state index contributed by atoms with van der Waals surface area (Å²) in [5.74, 6) is -3.68. The summed E-state index contributed by atoms with van der Waals surface area (Å²) in [6.07, 6.45) is 6.85. The molecule has 1 aliphatic carbocycles. The van der Waals surface area contributed by atoms with Crippen molar-refractivity contribution in [2.24, 2.45) is 11.8 Å². The number of allylic oxidation sites excluding steroid dienone is 1. The number of nitrogens with one attached hydrogen (secondary N) is 4. The Morgan fingerprint density at radius 2 is 1.97 bits per heavy atom. The molecule has 2 bridgehead atoms. The molecule has 2 unspecified atom stereocenters. The Hall–Kier alpha value is -2.47. The summed E-state index contributed by atoms with van der Waals surface area (Å²) in [7, 11) is 1.57. The van der Waals surface area contributed by atoms with Gasteiger partial charge in [0, 0.05) is 24.9 Å². The van der Waals surface area contributed by atoms with E-state index in [9.17, 15) is 23.6 Å². The third-order valence-electron chi connectivity index (χ3n) is 6.10. The molecule has 33 heavy (non-hydrogen) atoms. The van der Waals surface area contributed by atoms with Gasteiger partial charge in [-0.05, 0) is 44.4 Å². The molecule has 0 aromatic carbocycles. The van der Waals surface area contributed by atoms with Crippen LogP contribution in [0.25, 0.3) is 0 Å². The van der Waals surface area contributed by atoms with Crippen molar-refractivity contribution in [3.05, 3.63) is 12.2 Å². The SMILES string of the molecule is B[C@H]1C(=O)N[C@H](C(=O)NCC(=O)NCCCF)CC2C=CC(CC2)OCCC[C@@H]1C(=O)NO. The quantitative estimate of drug-likeness (QED) is 0.108. The number of hydrogen-bond acceptors (Lipinski definition) is 6. The molecular formula is C21H34BFN4O6. The van der Waals surface area contributed by atoms with E-state index in [0.29, 0.717) is 25.9 Å². The summed E-state index contributed by atoms with van der Waals surface area (Å²) in [5.41, 5.74) is 1.62. The van der Waals surface area contributed by atoms with Gasteiger partial charge in [0.1, 0.15) is 13.9 Å². The van der Waals surface area contributed by atoms with Crippen LogP contribution in [0.3, 0.4) is 0 Å². The second kappa shape index (κ2) is 13.9. The lowest BCUT2D eigenvalue weighted by molar-refractivity contribution is -0.137. The van der Waals surface area contributed by atoms with Gasteiger partial charge in [-0.15, -0.1) is 0 Å². The zero-order chi connectivity index (χ0) is 24.2. The van der Waals surface area contributed by atoms with Crippen LogP contribution in [0.2, 0.25) is 5.82 Å². The first kappa shape index (κ1) is 26.8. The van der Waals surface area contributed by atoms with Gasteiger partial charge in [0.25, 0.3) is 0 Å². The maximum absolute atomic E-state index is 12.9. The van der Waals surface area contributed by atoms with Gasteiger partial charge in [0.2, 0.25) is 23.6 Å². The maximum atomic E-state index is 12.9. The van der Waals surface area contributed by atoms with Gasteiger partial charge in [0.15, 0.2) is 0 Å². The van der Waals surface area contributed by atoms with Crippen LogP contribution in [-0.2, 0) is 23.9 Å². The third-order valence-corrected chi connectivity index (χ3v) is 6.10. The first-order chi connectivity index (χ1) is 15.8. The standard InChI is InChI=1S/C21H34BFN4O6/c22-18-15(19(29)27-32)3-1-10-33-14-6-4-13(5-7-14)11-16(26-21(18)31)20(30)25-12-17(28)24-9-2-8-23/h4,6,13-16,18,32H,1-3,5,7-12,22H2,(H,24,28)(H,25,30)(H,26,31)(H,27,29)/t13?,14?,15-,16-,18+/m0/s1. The van der Waals surface area contributed by atoms with Gasteiger partial charge in [-0.25, -0.2) is 5.48 Å². The van der Waals surface area contributed by atoms with Gasteiger partial charge in [0.05, 0.1) is 19.3 Å². The van der Waals surface area contributed by atoms with E-state index in [1.807, 2.05) is 12.2 Å². The van der Waals surface area contributed by atoms with Crippen molar-refractivity contribution in [1.29, 1.82) is 0 Å². The highest BCUT2D eigenvalue weighted by Crippen LogP contribution is 2.27. The summed E-state index contributed by atoms with van der Waals surface area (Å²) >= 11 is 0. The van der Waals surface area contributed by atoms with Crippen molar-refractivity contribution >= 4 is 31.5 Å². The molecule has 0 saturated carbocycles. The van der Waals surface area contributed by atoms with Crippen LogP contribution in [0.4, 0.5) is 4.39 Å². The van der Waals surface area contributed by atoms with Crippen molar-refractivity contribution in [2.75, 3.05) is 26.4 Å². The van der Waals surface area contributed by atoms with Crippen LogP contribution in [0.5, 0.6) is 0 Å². The fourth-order valence-corrected chi connectivity index (χ4v) is 4.08. The molecule has 2 heterocycles. The summed E-state index contributed by atoms with van der Waals surface area (Å²) in [6, 6.07) is -0.911. The molecular weight excluding hydrogens is 434 g/mol. The summed E-state index contributed by atoms with van der Waals surface area (Å²) in [6.45, 7) is -0.233. The van der Waals surface area contributed by atoms with Gasteiger partial charge in [-0.2, -0.15) is 0 Å². The lowest BCUT2D eigenvalue weighted by Crippen LogP contribution is -2.51. The molecule has 2 aliphatic heterocycles. The molecule has 0 spiro atoms. The Balaban J connectivity index is 2.11. The number of carbonyl (C=O) groups excluding carboxylic acids is 4. The monoisotopic (exact) mass is 468 g/mol. The van der Waals surface area contributed by atoms with Crippen molar-refractivity contribution in [3.63, 3.8) is 0 Å². The van der Waals surface area contributed by atoms with E-state index in [-0.39, 0.29) is 31.5 Å². The average molecular weight is 468 g/mol. The van der Waals surface area contributed by atoms with Crippen LogP contribution in [0, 0.1) is 11.8 Å².